The van der Waals surface area contributed by atoms with E-state index < -0.39 is 5.82 Å². The maximum Gasteiger partial charge on any atom is 0.225 e. The van der Waals surface area contributed by atoms with Crippen LogP contribution in [0.2, 0.25) is 5.02 Å². The van der Waals surface area contributed by atoms with Gasteiger partial charge in [-0.2, -0.15) is 0 Å². The number of likely N-dealkylation sites (tertiary alicyclic amines) is 1. The third kappa shape index (κ3) is 4.43. The number of amides is 1. The van der Waals surface area contributed by atoms with Crippen LogP contribution in [0.15, 0.2) is 18.2 Å². The minimum atomic E-state index is -0.402. The van der Waals surface area contributed by atoms with Gasteiger partial charge in [-0.25, -0.2) is 4.39 Å². The van der Waals surface area contributed by atoms with Gasteiger partial charge in [-0.3, -0.25) is 9.69 Å². The molecule has 4 nitrogen and oxygen atoms in total. The fourth-order valence-electron chi connectivity index (χ4n) is 3.19. The van der Waals surface area contributed by atoms with Crippen molar-refractivity contribution in [3.05, 3.63) is 34.6 Å². The van der Waals surface area contributed by atoms with Gasteiger partial charge in [-0.1, -0.05) is 24.6 Å². The molecule has 1 aliphatic heterocycles. The highest BCUT2D eigenvalue weighted by molar-refractivity contribution is 6.30. The number of benzene rings is 1. The summed E-state index contributed by atoms with van der Waals surface area (Å²) in [6.07, 6.45) is 0.963. The van der Waals surface area contributed by atoms with Crippen LogP contribution in [0.5, 0.6) is 0 Å². The number of hydrogen-bond donors (Lipinski definition) is 1. The molecular formula is C17H24ClFN2O2. The van der Waals surface area contributed by atoms with Crippen LogP contribution >= 0.6 is 11.6 Å². The molecule has 6 heteroatoms. The SMILES string of the molecule is COC[C@@H](C)C(=O)NC[C@@H]1CCN(C)[C@@H]1c1ccc(Cl)c(F)c1. The van der Waals surface area contributed by atoms with Crippen LogP contribution in [-0.2, 0) is 9.53 Å². The van der Waals surface area contributed by atoms with Gasteiger partial charge in [-0.15, -0.1) is 0 Å². The molecule has 1 aromatic carbocycles. The van der Waals surface area contributed by atoms with Crippen LogP contribution < -0.4 is 5.32 Å². The van der Waals surface area contributed by atoms with Crippen molar-refractivity contribution in [3.8, 4) is 0 Å². The zero-order chi connectivity index (χ0) is 17.0. The van der Waals surface area contributed by atoms with Crippen LogP contribution in [-0.4, -0.2) is 44.7 Å². The molecule has 1 aromatic rings. The second kappa shape index (κ2) is 8.08. The summed E-state index contributed by atoms with van der Waals surface area (Å²) in [6, 6.07) is 5.03. The van der Waals surface area contributed by atoms with E-state index in [1.54, 1.807) is 13.2 Å². The zero-order valence-corrected chi connectivity index (χ0v) is 14.6. The lowest BCUT2D eigenvalue weighted by Crippen LogP contribution is -2.36. The summed E-state index contributed by atoms with van der Waals surface area (Å²) in [5.41, 5.74) is 0.899. The first-order valence-electron chi connectivity index (χ1n) is 7.86. The number of carbonyl (C=O) groups excluding carboxylic acids is 1. The standard InChI is InChI=1S/C17H24ClFN2O2/c1-11(10-23-3)17(22)20-9-13-6-7-21(2)16(13)12-4-5-14(18)15(19)8-12/h4-5,8,11,13,16H,6-7,9-10H2,1-3H3,(H,20,22)/t11-,13+,16-/m1/s1. The second-order valence-electron chi connectivity index (χ2n) is 6.25. The minimum Gasteiger partial charge on any atom is -0.384 e. The third-order valence-electron chi connectivity index (χ3n) is 4.46. The molecule has 0 aliphatic carbocycles. The van der Waals surface area contributed by atoms with E-state index in [1.165, 1.54) is 6.07 Å². The molecule has 23 heavy (non-hydrogen) atoms. The predicted octanol–water partition coefficient (Wildman–Crippen LogP) is 2.87. The summed E-state index contributed by atoms with van der Waals surface area (Å²) >= 11 is 5.77. The number of carbonyl (C=O) groups is 1. The van der Waals surface area contributed by atoms with Crippen molar-refractivity contribution in [2.45, 2.75) is 19.4 Å². The molecule has 0 saturated carbocycles. The van der Waals surface area contributed by atoms with E-state index in [-0.39, 0.29) is 28.8 Å². The van der Waals surface area contributed by atoms with Gasteiger partial charge in [0.15, 0.2) is 0 Å². The van der Waals surface area contributed by atoms with Crippen molar-refractivity contribution < 1.29 is 13.9 Å². The number of rotatable bonds is 6. The fourth-order valence-corrected chi connectivity index (χ4v) is 3.31. The fraction of sp³-hybridized carbons (Fsp3) is 0.588. The van der Waals surface area contributed by atoms with Crippen LogP contribution in [0.25, 0.3) is 0 Å². The van der Waals surface area contributed by atoms with E-state index in [4.69, 9.17) is 16.3 Å². The average Bonchev–Trinajstić information content (AvgIpc) is 2.89. The van der Waals surface area contributed by atoms with Crippen molar-refractivity contribution >= 4 is 17.5 Å². The molecule has 0 bridgehead atoms. The summed E-state index contributed by atoms with van der Waals surface area (Å²) in [5, 5.41) is 3.12. The first-order chi connectivity index (χ1) is 10.9. The highest BCUT2D eigenvalue weighted by atomic mass is 35.5. The molecule has 1 saturated heterocycles. The van der Waals surface area contributed by atoms with E-state index in [2.05, 4.69) is 10.2 Å². The largest absolute Gasteiger partial charge is 0.384 e. The van der Waals surface area contributed by atoms with E-state index in [0.29, 0.717) is 13.2 Å². The van der Waals surface area contributed by atoms with Crippen LogP contribution in [0.3, 0.4) is 0 Å². The Morgan fingerprint density at radius 3 is 2.96 bits per heavy atom. The summed E-state index contributed by atoms with van der Waals surface area (Å²) in [4.78, 5) is 14.2. The number of hydrogen-bond acceptors (Lipinski definition) is 3. The summed E-state index contributed by atoms with van der Waals surface area (Å²) in [5.74, 6) is -0.340. The highest BCUT2D eigenvalue weighted by Gasteiger charge is 2.33. The number of nitrogens with zero attached hydrogens (tertiary/aromatic N) is 1. The first-order valence-corrected chi connectivity index (χ1v) is 8.23. The molecule has 1 heterocycles. The van der Waals surface area contributed by atoms with Gasteiger partial charge >= 0.3 is 0 Å². The molecule has 1 aliphatic rings. The van der Waals surface area contributed by atoms with Gasteiger partial charge in [0.2, 0.25) is 5.91 Å². The van der Waals surface area contributed by atoms with Crippen molar-refractivity contribution in [1.29, 1.82) is 0 Å². The molecule has 0 unspecified atom stereocenters. The van der Waals surface area contributed by atoms with E-state index in [9.17, 15) is 9.18 Å². The van der Waals surface area contributed by atoms with E-state index >= 15 is 0 Å². The Labute approximate surface area is 141 Å². The number of nitrogens with one attached hydrogen (secondary N) is 1. The number of ether oxygens (including phenoxy) is 1. The second-order valence-corrected chi connectivity index (χ2v) is 6.66. The van der Waals surface area contributed by atoms with Crippen LogP contribution in [0.1, 0.15) is 24.9 Å². The lowest BCUT2D eigenvalue weighted by molar-refractivity contribution is -0.126. The molecule has 0 aromatic heterocycles. The Morgan fingerprint density at radius 1 is 1.57 bits per heavy atom. The Hall–Kier alpha value is -1.17. The number of halogens is 2. The molecule has 1 N–H and O–H groups in total. The molecule has 1 amide bonds. The molecule has 1 fully saturated rings. The number of methoxy groups -OCH3 is 1. The predicted molar refractivity (Wildman–Crippen MR) is 88.9 cm³/mol. The molecule has 2 rings (SSSR count). The van der Waals surface area contributed by atoms with Gasteiger partial charge in [0.05, 0.1) is 17.5 Å². The summed E-state index contributed by atoms with van der Waals surface area (Å²) < 4.78 is 18.8. The minimum absolute atomic E-state index is 0.0116. The van der Waals surface area contributed by atoms with Gasteiger partial charge in [0.1, 0.15) is 5.82 Å². The Morgan fingerprint density at radius 2 is 2.30 bits per heavy atom. The van der Waals surface area contributed by atoms with E-state index in [1.807, 2.05) is 20.0 Å². The molecule has 128 valence electrons. The van der Waals surface area contributed by atoms with Gasteiger partial charge < -0.3 is 10.1 Å². The molecule has 3 atom stereocenters. The smallest absolute Gasteiger partial charge is 0.225 e. The van der Waals surface area contributed by atoms with Crippen molar-refractivity contribution in [2.24, 2.45) is 11.8 Å². The normalized spacial score (nSPS) is 23.0. The Bertz CT molecular complexity index is 555. The Kier molecular flexibility index (Phi) is 6.39. The first kappa shape index (κ1) is 18.2. The quantitative estimate of drug-likeness (QED) is 0.864. The van der Waals surface area contributed by atoms with E-state index in [0.717, 1.165) is 18.5 Å². The van der Waals surface area contributed by atoms with Crippen LogP contribution in [0.4, 0.5) is 4.39 Å². The average molecular weight is 343 g/mol. The highest BCUT2D eigenvalue weighted by Crippen LogP contribution is 2.36. The van der Waals surface area contributed by atoms with Crippen LogP contribution in [0, 0.1) is 17.7 Å². The zero-order valence-electron chi connectivity index (χ0n) is 13.8. The van der Waals surface area contributed by atoms with Gasteiger partial charge in [0.25, 0.3) is 0 Å². The molecular weight excluding hydrogens is 319 g/mol. The summed E-state index contributed by atoms with van der Waals surface area (Å²) in [7, 11) is 3.60. The maximum atomic E-state index is 13.8. The molecule has 0 radical (unpaired) electrons. The summed E-state index contributed by atoms with van der Waals surface area (Å²) in [6.45, 7) is 3.74. The van der Waals surface area contributed by atoms with Gasteiger partial charge in [-0.05, 0) is 43.6 Å². The lowest BCUT2D eigenvalue weighted by Gasteiger charge is -2.26. The Balaban J connectivity index is 2.03. The van der Waals surface area contributed by atoms with Crippen molar-refractivity contribution in [1.82, 2.24) is 10.2 Å². The topological polar surface area (TPSA) is 41.6 Å². The lowest BCUT2D eigenvalue weighted by atomic mass is 9.93. The van der Waals surface area contributed by atoms with Crippen molar-refractivity contribution in [2.75, 3.05) is 33.9 Å². The van der Waals surface area contributed by atoms with Crippen molar-refractivity contribution in [3.63, 3.8) is 0 Å². The third-order valence-corrected chi connectivity index (χ3v) is 4.77. The molecule has 0 spiro atoms. The maximum absolute atomic E-state index is 13.8. The monoisotopic (exact) mass is 342 g/mol. The van der Waals surface area contributed by atoms with Gasteiger partial charge in [0, 0.05) is 19.7 Å².